The van der Waals surface area contributed by atoms with Gasteiger partial charge in [-0.2, -0.15) is 0 Å². The highest BCUT2D eigenvalue weighted by atomic mass is 19.1. The monoisotopic (exact) mass is 424 g/mol. The number of methoxy groups -OCH3 is 2. The van der Waals surface area contributed by atoms with Crippen LogP contribution >= 0.6 is 0 Å². The molecule has 7 nitrogen and oxygen atoms in total. The molecule has 31 heavy (non-hydrogen) atoms. The smallest absolute Gasteiger partial charge is 0.219 e. The lowest BCUT2D eigenvalue weighted by atomic mass is 10.2. The van der Waals surface area contributed by atoms with E-state index in [0.717, 1.165) is 22.6 Å². The third-order valence-corrected chi connectivity index (χ3v) is 4.46. The summed E-state index contributed by atoms with van der Waals surface area (Å²) in [4.78, 5) is 8.53. The van der Waals surface area contributed by atoms with Crippen molar-refractivity contribution in [3.63, 3.8) is 0 Å². The Morgan fingerprint density at radius 3 is 2.32 bits per heavy atom. The largest absolute Gasteiger partial charge is 0.497 e. The molecular weight excluding hydrogens is 399 g/mol. The zero-order chi connectivity index (χ0) is 22.1. The van der Waals surface area contributed by atoms with Crippen LogP contribution in [0.4, 0.5) is 4.39 Å². The Labute approximate surface area is 180 Å². The Balaban J connectivity index is 1.52. The minimum absolute atomic E-state index is 0.311. The van der Waals surface area contributed by atoms with Crippen molar-refractivity contribution >= 4 is 5.96 Å². The van der Waals surface area contributed by atoms with Crippen molar-refractivity contribution in [2.45, 2.75) is 13.1 Å². The minimum atomic E-state index is -0.311. The zero-order valence-corrected chi connectivity index (χ0v) is 17.7. The quantitative estimate of drug-likeness (QED) is 0.422. The lowest BCUT2D eigenvalue weighted by Gasteiger charge is -2.14. The summed E-state index contributed by atoms with van der Waals surface area (Å²) in [5.74, 6) is 2.77. The van der Waals surface area contributed by atoms with Gasteiger partial charge in [0.2, 0.25) is 5.88 Å². The van der Waals surface area contributed by atoms with Crippen LogP contribution in [0.3, 0.4) is 0 Å². The van der Waals surface area contributed by atoms with E-state index in [-0.39, 0.29) is 5.82 Å². The summed E-state index contributed by atoms with van der Waals surface area (Å²) in [6.45, 7) is 1.07. The topological polar surface area (TPSA) is 77.0 Å². The number of aromatic nitrogens is 1. The second kappa shape index (κ2) is 10.8. The summed E-state index contributed by atoms with van der Waals surface area (Å²) in [5.41, 5.74) is 1.94. The van der Waals surface area contributed by atoms with Crippen LogP contribution < -0.4 is 24.8 Å². The Kier molecular flexibility index (Phi) is 7.64. The SMILES string of the molecule is CN=C(NCc1ccc(Oc2ccc(F)cc2)nc1)NCc1ccc(OC)cc1OC. The van der Waals surface area contributed by atoms with E-state index in [4.69, 9.17) is 14.2 Å². The van der Waals surface area contributed by atoms with Gasteiger partial charge in [0, 0.05) is 44.0 Å². The van der Waals surface area contributed by atoms with Gasteiger partial charge in [-0.15, -0.1) is 0 Å². The average molecular weight is 424 g/mol. The number of halogens is 1. The molecule has 0 radical (unpaired) electrons. The highest BCUT2D eigenvalue weighted by molar-refractivity contribution is 5.79. The van der Waals surface area contributed by atoms with Gasteiger partial charge in [0.05, 0.1) is 14.2 Å². The van der Waals surface area contributed by atoms with Gasteiger partial charge in [-0.25, -0.2) is 9.37 Å². The molecule has 0 saturated carbocycles. The number of nitrogens with one attached hydrogen (secondary N) is 2. The first-order valence-electron chi connectivity index (χ1n) is 9.65. The number of benzene rings is 2. The molecule has 0 bridgehead atoms. The molecule has 0 saturated heterocycles. The van der Waals surface area contributed by atoms with Crippen molar-refractivity contribution in [2.24, 2.45) is 4.99 Å². The molecule has 0 aliphatic carbocycles. The number of aliphatic imine (C=N–C) groups is 1. The van der Waals surface area contributed by atoms with Crippen molar-refractivity contribution in [1.29, 1.82) is 0 Å². The summed E-state index contributed by atoms with van der Waals surface area (Å²) >= 11 is 0. The third-order valence-electron chi connectivity index (χ3n) is 4.46. The van der Waals surface area contributed by atoms with Crippen molar-refractivity contribution in [3.05, 3.63) is 77.7 Å². The van der Waals surface area contributed by atoms with E-state index in [2.05, 4.69) is 20.6 Å². The van der Waals surface area contributed by atoms with E-state index < -0.39 is 0 Å². The molecule has 8 heteroatoms. The van der Waals surface area contributed by atoms with Crippen molar-refractivity contribution < 1.29 is 18.6 Å². The van der Waals surface area contributed by atoms with Crippen LogP contribution in [-0.2, 0) is 13.1 Å². The second-order valence-corrected chi connectivity index (χ2v) is 6.52. The van der Waals surface area contributed by atoms with Crippen molar-refractivity contribution in [1.82, 2.24) is 15.6 Å². The molecule has 0 unspecified atom stereocenters. The molecule has 0 fully saturated rings. The van der Waals surface area contributed by atoms with Gasteiger partial charge in [-0.05, 0) is 42.0 Å². The predicted octanol–water partition coefficient (Wildman–Crippen LogP) is 3.90. The lowest BCUT2D eigenvalue weighted by Crippen LogP contribution is -2.36. The summed E-state index contributed by atoms with van der Waals surface area (Å²) < 4.78 is 29.2. The molecule has 162 valence electrons. The second-order valence-electron chi connectivity index (χ2n) is 6.52. The van der Waals surface area contributed by atoms with Crippen LogP contribution in [0, 0.1) is 5.82 Å². The number of hydrogen-bond acceptors (Lipinski definition) is 5. The Hall–Kier alpha value is -3.81. The first kappa shape index (κ1) is 21.9. The molecule has 3 aromatic rings. The molecule has 1 heterocycles. The molecule has 1 aromatic heterocycles. The van der Waals surface area contributed by atoms with Gasteiger partial charge in [0.15, 0.2) is 5.96 Å². The van der Waals surface area contributed by atoms with E-state index in [1.54, 1.807) is 45.7 Å². The van der Waals surface area contributed by atoms with Crippen LogP contribution in [0.5, 0.6) is 23.1 Å². The third kappa shape index (κ3) is 6.33. The first-order valence-corrected chi connectivity index (χ1v) is 9.65. The summed E-state index contributed by atoms with van der Waals surface area (Å²) in [5, 5.41) is 6.50. The Bertz CT molecular complexity index is 1010. The maximum atomic E-state index is 13.0. The van der Waals surface area contributed by atoms with E-state index in [9.17, 15) is 4.39 Å². The summed E-state index contributed by atoms with van der Waals surface area (Å²) in [6.07, 6.45) is 1.71. The highest BCUT2D eigenvalue weighted by Gasteiger charge is 2.07. The van der Waals surface area contributed by atoms with Gasteiger partial charge in [0.25, 0.3) is 0 Å². The van der Waals surface area contributed by atoms with Gasteiger partial charge in [-0.3, -0.25) is 4.99 Å². The van der Waals surface area contributed by atoms with Gasteiger partial charge < -0.3 is 24.8 Å². The van der Waals surface area contributed by atoms with Crippen LogP contribution in [-0.4, -0.2) is 32.2 Å². The number of rotatable bonds is 8. The standard InChI is InChI=1S/C23H25FN4O3/c1-25-23(28-15-17-5-8-20(29-2)12-21(17)30-3)27-14-16-4-11-22(26-13-16)31-19-9-6-18(24)7-10-19/h4-13H,14-15H2,1-3H3,(H2,25,27,28). The summed E-state index contributed by atoms with van der Waals surface area (Å²) in [6, 6.07) is 15.1. The van der Waals surface area contributed by atoms with Crippen molar-refractivity contribution in [2.75, 3.05) is 21.3 Å². The number of hydrogen-bond donors (Lipinski definition) is 2. The number of pyridine rings is 1. The molecule has 0 aliphatic heterocycles. The van der Waals surface area contributed by atoms with Crippen LogP contribution in [0.25, 0.3) is 0 Å². The van der Waals surface area contributed by atoms with E-state index in [0.29, 0.717) is 30.7 Å². The molecule has 0 aliphatic rings. The fourth-order valence-corrected chi connectivity index (χ4v) is 2.78. The minimum Gasteiger partial charge on any atom is -0.497 e. The average Bonchev–Trinajstić information content (AvgIpc) is 2.81. The van der Waals surface area contributed by atoms with Crippen LogP contribution in [0.1, 0.15) is 11.1 Å². The van der Waals surface area contributed by atoms with Crippen molar-refractivity contribution in [3.8, 4) is 23.1 Å². The van der Waals surface area contributed by atoms with Crippen LogP contribution in [0.15, 0.2) is 65.8 Å². The maximum Gasteiger partial charge on any atom is 0.219 e. The maximum absolute atomic E-state index is 13.0. The Morgan fingerprint density at radius 2 is 1.68 bits per heavy atom. The molecule has 2 N–H and O–H groups in total. The first-order chi connectivity index (χ1) is 15.1. The zero-order valence-electron chi connectivity index (χ0n) is 17.7. The van der Waals surface area contributed by atoms with E-state index in [1.807, 2.05) is 24.3 Å². The number of guanidine groups is 1. The molecule has 0 amide bonds. The lowest BCUT2D eigenvalue weighted by molar-refractivity contribution is 0.390. The molecule has 3 rings (SSSR count). The number of ether oxygens (including phenoxy) is 3. The summed E-state index contributed by atoms with van der Waals surface area (Å²) in [7, 11) is 4.95. The molecular formula is C23H25FN4O3. The number of nitrogens with zero attached hydrogens (tertiary/aromatic N) is 2. The highest BCUT2D eigenvalue weighted by Crippen LogP contribution is 2.24. The Morgan fingerprint density at radius 1 is 0.935 bits per heavy atom. The molecule has 0 atom stereocenters. The van der Waals surface area contributed by atoms with Gasteiger partial charge in [0.1, 0.15) is 23.1 Å². The van der Waals surface area contributed by atoms with E-state index >= 15 is 0 Å². The fourth-order valence-electron chi connectivity index (χ4n) is 2.78. The molecule has 2 aromatic carbocycles. The van der Waals surface area contributed by atoms with Gasteiger partial charge in [-0.1, -0.05) is 6.07 Å². The van der Waals surface area contributed by atoms with Crippen LogP contribution in [0.2, 0.25) is 0 Å². The fraction of sp³-hybridized carbons (Fsp3) is 0.217. The predicted molar refractivity (Wildman–Crippen MR) is 117 cm³/mol. The molecule has 0 spiro atoms. The van der Waals surface area contributed by atoms with E-state index in [1.165, 1.54) is 12.1 Å². The van der Waals surface area contributed by atoms with Gasteiger partial charge >= 0.3 is 0 Å². The normalized spacial score (nSPS) is 11.0.